The van der Waals surface area contributed by atoms with Crippen LogP contribution in [0.5, 0.6) is 0 Å². The number of ether oxygens (including phenoxy) is 7. The van der Waals surface area contributed by atoms with Gasteiger partial charge in [0.05, 0.1) is 20.3 Å². The molecule has 0 radical (unpaired) electrons. The van der Waals surface area contributed by atoms with Crippen molar-refractivity contribution in [3.63, 3.8) is 0 Å². The van der Waals surface area contributed by atoms with Crippen LogP contribution in [-0.2, 0) is 61.9 Å². The lowest BCUT2D eigenvalue weighted by atomic mass is 9.44. The summed E-state index contributed by atoms with van der Waals surface area (Å²) in [4.78, 5) is 75.3. The fourth-order valence-electron chi connectivity index (χ4n) is 11.2. The molecule has 286 valence electrons. The maximum atomic E-state index is 13.1. The normalized spacial score (nSPS) is 40.8. The number of esters is 5. The molecule has 0 aromatic carbocycles. The zero-order chi connectivity index (χ0) is 37.4. The first kappa shape index (κ1) is 39.2. The molecule has 1 heterocycles. The second-order valence-electron chi connectivity index (χ2n) is 16.1. The third-order valence-corrected chi connectivity index (χ3v) is 13.4. The molecule has 5 fully saturated rings. The summed E-state index contributed by atoms with van der Waals surface area (Å²) in [6, 6.07) is 0. The Morgan fingerprint density at radius 2 is 1.43 bits per heavy atom. The molecular formula is C38H56O13. The maximum absolute atomic E-state index is 13.1. The van der Waals surface area contributed by atoms with E-state index >= 15 is 0 Å². The van der Waals surface area contributed by atoms with E-state index in [0.717, 1.165) is 59.5 Å². The molecule has 13 heteroatoms. The van der Waals surface area contributed by atoms with E-state index in [0.29, 0.717) is 49.4 Å². The highest BCUT2D eigenvalue weighted by Crippen LogP contribution is 2.68. The number of hydrogen-bond acceptors (Lipinski definition) is 13. The Bertz CT molecular complexity index is 1360. The van der Waals surface area contributed by atoms with Gasteiger partial charge in [-0.25, -0.2) is 4.79 Å². The van der Waals surface area contributed by atoms with Crippen molar-refractivity contribution in [1.82, 2.24) is 0 Å². The average molecular weight is 721 g/mol. The van der Waals surface area contributed by atoms with Crippen molar-refractivity contribution in [3.8, 4) is 0 Å². The van der Waals surface area contributed by atoms with Gasteiger partial charge in [0.2, 0.25) is 0 Å². The topological polar surface area (TPSA) is 167 Å². The molecule has 13 nitrogen and oxygen atoms in total. The third kappa shape index (κ3) is 7.70. The van der Waals surface area contributed by atoms with Crippen LogP contribution in [0.2, 0.25) is 0 Å². The minimum Gasteiger partial charge on any atom is -0.469 e. The Morgan fingerprint density at radius 3 is 2.06 bits per heavy atom. The lowest BCUT2D eigenvalue weighted by Crippen LogP contribution is -2.65. The Morgan fingerprint density at radius 1 is 0.804 bits per heavy atom. The zero-order valence-electron chi connectivity index (χ0n) is 31.3. The molecule has 4 aliphatic carbocycles. The van der Waals surface area contributed by atoms with Gasteiger partial charge < -0.3 is 33.2 Å². The van der Waals surface area contributed by atoms with Gasteiger partial charge >= 0.3 is 29.8 Å². The van der Waals surface area contributed by atoms with Crippen molar-refractivity contribution in [2.45, 2.75) is 143 Å². The first-order valence-corrected chi connectivity index (χ1v) is 18.5. The highest BCUT2D eigenvalue weighted by atomic mass is 16.7. The van der Waals surface area contributed by atoms with E-state index < -0.39 is 60.7 Å². The van der Waals surface area contributed by atoms with E-state index in [1.807, 2.05) is 0 Å². The number of hydrogen-bond donors (Lipinski definition) is 0. The second kappa shape index (κ2) is 15.5. The monoisotopic (exact) mass is 720 g/mol. The number of rotatable bonds is 10. The predicted molar refractivity (Wildman–Crippen MR) is 178 cm³/mol. The SMILES string of the molecule is COC(=O)CC[C@@H](C)[C@H]1CC[C@H]2[C@@H]3C[C@H](O[C@@H]4O[C@H](C(=O)OC)[C@@H](OC(C)=O)[C@H](OC(C)=O)[C@H]4OC(C)=O)[C@@H]4CC(=O)CC[C@]4(C)[C@H]3CC[C@]12C. The molecule has 14 atom stereocenters. The average Bonchev–Trinajstić information content (AvgIpc) is 3.43. The van der Waals surface area contributed by atoms with Crippen LogP contribution in [-0.4, -0.2) is 86.7 Å². The highest BCUT2D eigenvalue weighted by molar-refractivity contribution is 5.80. The van der Waals surface area contributed by atoms with Crippen molar-refractivity contribution in [2.24, 2.45) is 46.3 Å². The van der Waals surface area contributed by atoms with Crippen LogP contribution in [0.25, 0.3) is 0 Å². The van der Waals surface area contributed by atoms with Gasteiger partial charge in [0.15, 0.2) is 30.7 Å². The molecule has 1 saturated heterocycles. The molecule has 0 aromatic rings. The summed E-state index contributed by atoms with van der Waals surface area (Å²) in [7, 11) is 2.57. The van der Waals surface area contributed by atoms with Gasteiger partial charge in [0.25, 0.3) is 0 Å². The van der Waals surface area contributed by atoms with Gasteiger partial charge in [-0.05, 0) is 91.3 Å². The number of carbonyl (C=O) groups excluding carboxylic acids is 6. The predicted octanol–water partition coefficient (Wildman–Crippen LogP) is 4.49. The van der Waals surface area contributed by atoms with Gasteiger partial charge in [0, 0.05) is 40.0 Å². The second-order valence-corrected chi connectivity index (χ2v) is 16.1. The van der Waals surface area contributed by atoms with Crippen molar-refractivity contribution in [1.29, 1.82) is 0 Å². The van der Waals surface area contributed by atoms with E-state index in [-0.39, 0.29) is 34.4 Å². The standard InChI is InChI=1S/C38H56O13/c1-19(9-12-30(43)45-7)25-10-11-26-24-18-29(28-17-23(42)13-15-38(28,6)27(24)14-16-37(25,26)5)50-36-34(49-22(4)41)32(48-21(3)40)31(47-20(2)39)33(51-36)35(44)46-8/h19,24-29,31-34,36H,9-18H2,1-8H3/t19-,24+,25-,26+,27+,28+,29+,31+,32+,33+,34-,36-,37-,38-/m1/s1. The Balaban J connectivity index is 1.49. The third-order valence-electron chi connectivity index (χ3n) is 13.4. The maximum Gasteiger partial charge on any atom is 0.339 e. The Kier molecular flexibility index (Phi) is 11.9. The molecule has 0 spiro atoms. The molecular weight excluding hydrogens is 664 g/mol. The summed E-state index contributed by atoms with van der Waals surface area (Å²) >= 11 is 0. The van der Waals surface area contributed by atoms with Crippen molar-refractivity contribution in [3.05, 3.63) is 0 Å². The molecule has 5 aliphatic rings. The fourth-order valence-corrected chi connectivity index (χ4v) is 11.2. The molecule has 5 rings (SSSR count). The van der Waals surface area contributed by atoms with Crippen LogP contribution in [0.15, 0.2) is 0 Å². The van der Waals surface area contributed by atoms with Crippen molar-refractivity contribution < 1.29 is 61.9 Å². The molecule has 0 unspecified atom stereocenters. The molecule has 51 heavy (non-hydrogen) atoms. The molecule has 0 N–H and O–H groups in total. The van der Waals surface area contributed by atoms with Gasteiger partial charge in [-0.3, -0.25) is 24.0 Å². The van der Waals surface area contributed by atoms with E-state index in [1.54, 1.807) is 0 Å². The minimum absolute atomic E-state index is 0.0597. The van der Waals surface area contributed by atoms with E-state index in [9.17, 15) is 28.8 Å². The summed E-state index contributed by atoms with van der Waals surface area (Å²) in [5, 5.41) is 0. The minimum atomic E-state index is -1.56. The molecule has 1 aliphatic heterocycles. The first-order valence-electron chi connectivity index (χ1n) is 18.5. The molecule has 0 amide bonds. The first-order chi connectivity index (χ1) is 24.0. The lowest BCUT2D eigenvalue weighted by Gasteiger charge is -2.62. The summed E-state index contributed by atoms with van der Waals surface area (Å²) < 4.78 is 39.7. The number of Topliss-reactive ketones (excluding diaryl/α,β-unsaturated/α-hetero) is 1. The van der Waals surface area contributed by atoms with E-state index in [2.05, 4.69) is 20.8 Å². The quantitative estimate of drug-likeness (QED) is 0.176. The van der Waals surface area contributed by atoms with Crippen LogP contribution < -0.4 is 0 Å². The van der Waals surface area contributed by atoms with Gasteiger partial charge in [-0.15, -0.1) is 0 Å². The largest absolute Gasteiger partial charge is 0.469 e. The lowest BCUT2D eigenvalue weighted by molar-refractivity contribution is -0.324. The number of ketones is 1. The van der Waals surface area contributed by atoms with E-state index in [1.165, 1.54) is 14.0 Å². The Hall–Kier alpha value is -3.06. The van der Waals surface area contributed by atoms with Gasteiger partial charge in [-0.1, -0.05) is 20.8 Å². The fraction of sp³-hybridized carbons (Fsp3) is 0.842. The summed E-state index contributed by atoms with van der Waals surface area (Å²) in [5.41, 5.74) is -0.162. The van der Waals surface area contributed by atoms with Crippen LogP contribution in [0.3, 0.4) is 0 Å². The smallest absolute Gasteiger partial charge is 0.339 e. The number of methoxy groups -OCH3 is 2. The number of fused-ring (bicyclic) bond motifs is 5. The highest BCUT2D eigenvalue weighted by Gasteiger charge is 2.64. The van der Waals surface area contributed by atoms with Gasteiger partial charge in [0.1, 0.15) is 5.78 Å². The van der Waals surface area contributed by atoms with Crippen molar-refractivity contribution >= 4 is 35.6 Å². The van der Waals surface area contributed by atoms with Crippen LogP contribution in [0.4, 0.5) is 0 Å². The van der Waals surface area contributed by atoms with E-state index in [4.69, 9.17) is 33.2 Å². The van der Waals surface area contributed by atoms with Crippen LogP contribution >= 0.6 is 0 Å². The zero-order valence-corrected chi connectivity index (χ0v) is 31.3. The Labute approximate surface area is 300 Å². The molecule has 4 saturated carbocycles. The van der Waals surface area contributed by atoms with Gasteiger partial charge in [-0.2, -0.15) is 0 Å². The summed E-state index contributed by atoms with van der Waals surface area (Å²) in [6.45, 7) is 10.4. The number of carbonyl (C=O) groups is 6. The molecule has 0 bridgehead atoms. The van der Waals surface area contributed by atoms with Crippen LogP contribution in [0, 0.1) is 46.3 Å². The molecule has 0 aromatic heterocycles. The van der Waals surface area contributed by atoms with Crippen molar-refractivity contribution in [2.75, 3.05) is 14.2 Å². The summed E-state index contributed by atoms with van der Waals surface area (Å²) in [6.07, 6.45) is -0.250. The summed E-state index contributed by atoms with van der Waals surface area (Å²) in [5.74, 6) is -1.52. The van der Waals surface area contributed by atoms with Crippen LogP contribution in [0.1, 0.15) is 106 Å².